The van der Waals surface area contributed by atoms with E-state index in [1.54, 1.807) is 11.3 Å². The topological polar surface area (TPSA) is 63.8 Å². The van der Waals surface area contributed by atoms with Crippen LogP contribution in [0.2, 0.25) is 0 Å². The molecule has 0 aliphatic rings. The van der Waals surface area contributed by atoms with Crippen molar-refractivity contribution in [3.63, 3.8) is 0 Å². The highest BCUT2D eigenvalue weighted by Gasteiger charge is 2.11. The summed E-state index contributed by atoms with van der Waals surface area (Å²) in [5.74, 6) is 0.644. The van der Waals surface area contributed by atoms with Crippen molar-refractivity contribution < 1.29 is 0 Å². The summed E-state index contributed by atoms with van der Waals surface area (Å²) >= 11 is 6.68. The molecule has 100 valence electrons. The van der Waals surface area contributed by atoms with E-state index in [4.69, 9.17) is 18.0 Å². The van der Waals surface area contributed by atoms with Crippen LogP contribution in [-0.2, 0) is 0 Å². The zero-order chi connectivity index (χ0) is 14.1. The molecule has 20 heavy (non-hydrogen) atoms. The monoisotopic (exact) mass is 300 g/mol. The van der Waals surface area contributed by atoms with E-state index in [2.05, 4.69) is 15.3 Å². The summed E-state index contributed by atoms with van der Waals surface area (Å²) in [5.41, 5.74) is 7.42. The number of anilines is 2. The molecule has 2 aromatic heterocycles. The van der Waals surface area contributed by atoms with Crippen molar-refractivity contribution in [2.75, 3.05) is 5.32 Å². The summed E-state index contributed by atoms with van der Waals surface area (Å²) in [5, 5.41) is 4.99. The molecule has 1 aromatic carbocycles. The van der Waals surface area contributed by atoms with Crippen LogP contribution >= 0.6 is 23.6 Å². The highest BCUT2D eigenvalue weighted by molar-refractivity contribution is 7.80. The zero-order valence-electron chi connectivity index (χ0n) is 10.8. The number of nitrogens with one attached hydrogen (secondary N) is 1. The molecule has 4 nitrogen and oxygen atoms in total. The van der Waals surface area contributed by atoms with E-state index in [-0.39, 0.29) is 0 Å². The van der Waals surface area contributed by atoms with Gasteiger partial charge in [0.2, 0.25) is 0 Å². The molecule has 0 aliphatic carbocycles. The molecule has 0 saturated heterocycles. The Bertz CT molecular complexity index is 795. The summed E-state index contributed by atoms with van der Waals surface area (Å²) in [7, 11) is 0. The highest BCUT2D eigenvalue weighted by atomic mass is 32.1. The minimum atomic E-state index is 0.319. The molecular weight excluding hydrogens is 288 g/mol. The largest absolute Gasteiger partial charge is 0.389 e. The summed E-state index contributed by atoms with van der Waals surface area (Å²) < 4.78 is 0. The van der Waals surface area contributed by atoms with Gasteiger partial charge >= 0.3 is 0 Å². The van der Waals surface area contributed by atoms with Crippen LogP contribution in [0, 0.1) is 6.92 Å². The molecule has 3 N–H and O–H groups in total. The predicted octanol–water partition coefficient (Wildman–Crippen LogP) is 3.38. The van der Waals surface area contributed by atoms with Crippen LogP contribution in [0.25, 0.3) is 10.9 Å². The van der Waals surface area contributed by atoms with Gasteiger partial charge in [-0.15, -0.1) is 11.3 Å². The fourth-order valence-electron chi connectivity index (χ4n) is 1.91. The van der Waals surface area contributed by atoms with Crippen molar-refractivity contribution in [2.45, 2.75) is 6.92 Å². The first-order valence-electron chi connectivity index (χ1n) is 6.02. The van der Waals surface area contributed by atoms with Crippen molar-refractivity contribution in [3.8, 4) is 0 Å². The number of aromatic nitrogens is 2. The normalized spacial score (nSPS) is 10.7. The van der Waals surface area contributed by atoms with Gasteiger partial charge in [-0.1, -0.05) is 30.4 Å². The number of nitrogens with two attached hydrogens (primary N) is 1. The van der Waals surface area contributed by atoms with E-state index in [1.165, 1.54) is 0 Å². The number of para-hydroxylation sites is 1. The fourth-order valence-corrected chi connectivity index (χ4v) is 2.73. The number of hydrogen-bond donors (Lipinski definition) is 2. The third-order valence-corrected chi connectivity index (χ3v) is 3.88. The van der Waals surface area contributed by atoms with Crippen molar-refractivity contribution >= 4 is 50.4 Å². The number of aryl methyl sites for hydroxylation is 1. The predicted molar refractivity (Wildman–Crippen MR) is 87.8 cm³/mol. The number of fused-ring (bicyclic) bond motifs is 1. The van der Waals surface area contributed by atoms with Gasteiger partial charge in [0.1, 0.15) is 10.8 Å². The molecule has 0 aliphatic heterocycles. The Hall–Kier alpha value is -2.05. The van der Waals surface area contributed by atoms with Gasteiger partial charge in [-0.25, -0.2) is 9.97 Å². The Balaban J connectivity index is 2.11. The fraction of sp³-hybridized carbons (Fsp3) is 0.0714. The molecule has 0 fully saturated rings. The maximum atomic E-state index is 5.80. The van der Waals surface area contributed by atoms with Gasteiger partial charge in [0.25, 0.3) is 0 Å². The first kappa shape index (κ1) is 13.0. The molecule has 0 spiro atoms. The van der Waals surface area contributed by atoms with Crippen molar-refractivity contribution in [3.05, 3.63) is 47.0 Å². The molecule has 0 saturated carbocycles. The van der Waals surface area contributed by atoms with Crippen LogP contribution in [0.5, 0.6) is 0 Å². The van der Waals surface area contributed by atoms with Crippen molar-refractivity contribution in [1.29, 1.82) is 0 Å². The Morgan fingerprint density at radius 2 is 2.15 bits per heavy atom. The molecule has 3 aromatic rings. The van der Waals surface area contributed by atoms with Crippen LogP contribution in [0.3, 0.4) is 0 Å². The first-order chi connectivity index (χ1) is 9.63. The van der Waals surface area contributed by atoms with Gasteiger partial charge in [0, 0.05) is 16.5 Å². The molecule has 0 unspecified atom stereocenters. The third kappa shape index (κ3) is 2.48. The standard InChI is InChI=1S/C14H12N4S2/c1-8-7-16-14(20-8)18-13-10(12(15)19)6-9-4-2-3-5-11(9)17-13/h2-7H,1H3,(H2,15,19)(H,16,17,18). The minimum Gasteiger partial charge on any atom is -0.389 e. The Kier molecular flexibility index (Phi) is 3.33. The van der Waals surface area contributed by atoms with E-state index in [1.807, 2.05) is 43.5 Å². The second-order valence-corrected chi connectivity index (χ2v) is 6.02. The lowest BCUT2D eigenvalue weighted by atomic mass is 10.1. The van der Waals surface area contributed by atoms with Gasteiger partial charge in [0.15, 0.2) is 5.13 Å². The lowest BCUT2D eigenvalue weighted by Gasteiger charge is -2.09. The minimum absolute atomic E-state index is 0.319. The molecular formula is C14H12N4S2. The lowest BCUT2D eigenvalue weighted by Crippen LogP contribution is -2.13. The van der Waals surface area contributed by atoms with Gasteiger partial charge in [-0.3, -0.25) is 0 Å². The van der Waals surface area contributed by atoms with Crippen LogP contribution in [0.15, 0.2) is 36.5 Å². The highest BCUT2D eigenvalue weighted by Crippen LogP contribution is 2.26. The Morgan fingerprint density at radius 1 is 1.35 bits per heavy atom. The zero-order valence-corrected chi connectivity index (χ0v) is 12.4. The smallest absolute Gasteiger partial charge is 0.188 e. The SMILES string of the molecule is Cc1cnc(Nc2nc3ccccc3cc2C(N)=S)s1. The van der Waals surface area contributed by atoms with E-state index in [0.29, 0.717) is 10.8 Å². The second kappa shape index (κ2) is 5.15. The number of benzene rings is 1. The van der Waals surface area contributed by atoms with Crippen LogP contribution in [-0.4, -0.2) is 15.0 Å². The molecule has 3 rings (SSSR count). The average molecular weight is 300 g/mol. The van der Waals surface area contributed by atoms with Crippen molar-refractivity contribution in [1.82, 2.24) is 9.97 Å². The number of nitrogens with zero attached hydrogens (tertiary/aromatic N) is 2. The molecule has 0 amide bonds. The third-order valence-electron chi connectivity index (χ3n) is 2.84. The lowest BCUT2D eigenvalue weighted by molar-refractivity contribution is 1.31. The Morgan fingerprint density at radius 3 is 2.85 bits per heavy atom. The number of hydrogen-bond acceptors (Lipinski definition) is 5. The number of thiazole rings is 1. The van der Waals surface area contributed by atoms with Gasteiger partial charge < -0.3 is 11.1 Å². The number of pyridine rings is 1. The summed E-state index contributed by atoms with van der Waals surface area (Å²) in [4.78, 5) is 10.3. The molecule has 0 bridgehead atoms. The van der Waals surface area contributed by atoms with Crippen LogP contribution in [0.4, 0.5) is 10.9 Å². The van der Waals surface area contributed by atoms with Crippen molar-refractivity contribution in [2.24, 2.45) is 5.73 Å². The summed E-state index contributed by atoms with van der Waals surface area (Å²) in [6, 6.07) is 9.81. The second-order valence-electron chi connectivity index (χ2n) is 4.34. The van der Waals surface area contributed by atoms with Crippen LogP contribution < -0.4 is 11.1 Å². The molecule has 2 heterocycles. The van der Waals surface area contributed by atoms with E-state index in [9.17, 15) is 0 Å². The Labute approximate surface area is 125 Å². The summed E-state index contributed by atoms with van der Waals surface area (Å²) in [6.45, 7) is 2.01. The first-order valence-corrected chi connectivity index (χ1v) is 7.25. The molecule has 6 heteroatoms. The molecule has 0 atom stereocenters. The van der Waals surface area contributed by atoms with E-state index < -0.39 is 0 Å². The average Bonchev–Trinajstić information content (AvgIpc) is 2.83. The van der Waals surface area contributed by atoms with Gasteiger partial charge in [-0.05, 0) is 19.1 Å². The quantitative estimate of drug-likeness (QED) is 0.726. The maximum Gasteiger partial charge on any atom is 0.188 e. The van der Waals surface area contributed by atoms with Gasteiger partial charge in [0.05, 0.1) is 11.1 Å². The van der Waals surface area contributed by atoms with Gasteiger partial charge in [-0.2, -0.15) is 0 Å². The van der Waals surface area contributed by atoms with Crippen LogP contribution in [0.1, 0.15) is 10.4 Å². The maximum absolute atomic E-state index is 5.80. The number of rotatable bonds is 3. The van der Waals surface area contributed by atoms with E-state index in [0.717, 1.165) is 26.5 Å². The van der Waals surface area contributed by atoms with E-state index >= 15 is 0 Å². The summed E-state index contributed by atoms with van der Waals surface area (Å²) in [6.07, 6.45) is 1.81. The number of thiocarbonyl (C=S) groups is 1. The molecule has 0 radical (unpaired) electrons.